The number of β-lactam (4-membered cyclic amide) rings is 1. The number of carbonyl (C=O) groups excluding carboxylic acids is 2. The largest absolute Gasteiger partial charge is 0.342 e. The normalized spacial score (nSPS) is 18.8. The monoisotopic (exact) mass is 244 g/mol. The van der Waals surface area contributed by atoms with Crippen molar-refractivity contribution in [2.75, 3.05) is 6.54 Å². The number of carbonyl (C=O) groups is 2. The molecule has 1 N–H and O–H groups in total. The van der Waals surface area contributed by atoms with Gasteiger partial charge in [0.15, 0.2) is 0 Å². The van der Waals surface area contributed by atoms with Gasteiger partial charge in [0.25, 0.3) is 5.91 Å². The molecule has 0 spiro atoms. The third-order valence-electron chi connectivity index (χ3n) is 2.83. The van der Waals surface area contributed by atoms with Gasteiger partial charge in [-0.2, -0.15) is 0 Å². The van der Waals surface area contributed by atoms with E-state index in [1.165, 1.54) is 0 Å². The third kappa shape index (κ3) is 2.77. The number of rotatable bonds is 4. The van der Waals surface area contributed by atoms with E-state index in [9.17, 15) is 9.59 Å². The molecule has 1 aromatic rings. The highest BCUT2D eigenvalue weighted by molar-refractivity contribution is 5.93. The standard InChI is InChI=1S/C14H16N2O2/c1-2-8-16-10-12(14(16)18)15-13(17)9-11-6-4-3-5-7-11/h2-8,12H,9-10H2,1H3,(H,15,17)/b8-2+. The molecule has 0 aromatic heterocycles. The molecule has 1 atom stereocenters. The second-order valence-electron chi connectivity index (χ2n) is 4.26. The Kier molecular flexibility index (Phi) is 3.77. The predicted molar refractivity (Wildman–Crippen MR) is 68.6 cm³/mol. The van der Waals surface area contributed by atoms with Crippen LogP contribution < -0.4 is 5.32 Å². The average Bonchev–Trinajstić information content (AvgIpc) is 2.38. The first-order valence-electron chi connectivity index (χ1n) is 5.97. The molecule has 1 aliphatic heterocycles. The lowest BCUT2D eigenvalue weighted by Gasteiger charge is -2.36. The molecule has 4 heteroatoms. The van der Waals surface area contributed by atoms with E-state index in [4.69, 9.17) is 0 Å². The van der Waals surface area contributed by atoms with Crippen molar-refractivity contribution in [3.8, 4) is 0 Å². The maximum Gasteiger partial charge on any atom is 0.251 e. The van der Waals surface area contributed by atoms with Gasteiger partial charge >= 0.3 is 0 Å². The third-order valence-corrected chi connectivity index (χ3v) is 2.83. The van der Waals surface area contributed by atoms with Crippen LogP contribution in [0.5, 0.6) is 0 Å². The molecular formula is C14H16N2O2. The van der Waals surface area contributed by atoms with Gasteiger partial charge in [0.2, 0.25) is 5.91 Å². The molecule has 1 aliphatic rings. The van der Waals surface area contributed by atoms with Crippen molar-refractivity contribution >= 4 is 11.8 Å². The van der Waals surface area contributed by atoms with E-state index < -0.39 is 0 Å². The Morgan fingerprint density at radius 3 is 2.78 bits per heavy atom. The summed E-state index contributed by atoms with van der Waals surface area (Å²) in [5.41, 5.74) is 0.951. The fraction of sp³-hybridized carbons (Fsp3) is 0.286. The number of amides is 2. The highest BCUT2D eigenvalue weighted by Crippen LogP contribution is 2.11. The molecule has 0 aliphatic carbocycles. The van der Waals surface area contributed by atoms with Crippen LogP contribution in [0.3, 0.4) is 0 Å². The van der Waals surface area contributed by atoms with Gasteiger partial charge in [-0.05, 0) is 12.5 Å². The summed E-state index contributed by atoms with van der Waals surface area (Å²) in [6.45, 7) is 2.41. The summed E-state index contributed by atoms with van der Waals surface area (Å²) >= 11 is 0. The Bertz CT molecular complexity index is 468. The molecule has 94 valence electrons. The van der Waals surface area contributed by atoms with Crippen LogP contribution in [0.25, 0.3) is 0 Å². The van der Waals surface area contributed by atoms with E-state index in [-0.39, 0.29) is 17.9 Å². The maximum absolute atomic E-state index is 11.7. The van der Waals surface area contributed by atoms with Crippen LogP contribution in [0.1, 0.15) is 12.5 Å². The van der Waals surface area contributed by atoms with Gasteiger partial charge in [-0.15, -0.1) is 0 Å². The zero-order valence-corrected chi connectivity index (χ0v) is 10.3. The summed E-state index contributed by atoms with van der Waals surface area (Å²) in [6, 6.07) is 9.13. The van der Waals surface area contributed by atoms with Gasteiger partial charge in [-0.3, -0.25) is 9.59 Å². The van der Waals surface area contributed by atoms with Crippen molar-refractivity contribution in [1.29, 1.82) is 0 Å². The lowest BCUT2D eigenvalue weighted by molar-refractivity contribution is -0.142. The Balaban J connectivity index is 1.81. The minimum atomic E-state index is -0.364. The quantitative estimate of drug-likeness (QED) is 0.806. The molecule has 4 nitrogen and oxygen atoms in total. The zero-order valence-electron chi connectivity index (χ0n) is 10.3. The summed E-state index contributed by atoms with van der Waals surface area (Å²) in [5.74, 6) is -0.158. The van der Waals surface area contributed by atoms with Gasteiger partial charge < -0.3 is 10.2 Å². The molecule has 1 heterocycles. The van der Waals surface area contributed by atoms with Gasteiger partial charge in [-0.25, -0.2) is 0 Å². The number of hydrogen-bond donors (Lipinski definition) is 1. The number of likely N-dealkylation sites (tertiary alicyclic amines) is 1. The first-order valence-corrected chi connectivity index (χ1v) is 5.97. The topological polar surface area (TPSA) is 49.4 Å². The van der Waals surface area contributed by atoms with Gasteiger partial charge in [-0.1, -0.05) is 36.4 Å². The number of nitrogens with one attached hydrogen (secondary N) is 1. The lowest BCUT2D eigenvalue weighted by atomic mass is 10.1. The summed E-state index contributed by atoms with van der Waals surface area (Å²) in [5, 5.41) is 2.74. The van der Waals surface area contributed by atoms with Gasteiger partial charge in [0.1, 0.15) is 6.04 Å². The molecule has 1 aromatic carbocycles. The molecule has 0 bridgehead atoms. The first kappa shape index (κ1) is 12.4. The predicted octanol–water partition coefficient (Wildman–Crippen LogP) is 1.09. The Labute approximate surface area is 106 Å². The molecule has 1 saturated heterocycles. The fourth-order valence-corrected chi connectivity index (χ4v) is 1.90. The van der Waals surface area contributed by atoms with Crippen molar-refractivity contribution in [1.82, 2.24) is 10.2 Å². The van der Waals surface area contributed by atoms with Crippen molar-refractivity contribution < 1.29 is 9.59 Å². The van der Waals surface area contributed by atoms with Crippen LogP contribution in [-0.4, -0.2) is 29.3 Å². The van der Waals surface area contributed by atoms with Crippen LogP contribution in [0.4, 0.5) is 0 Å². The van der Waals surface area contributed by atoms with Crippen LogP contribution in [0, 0.1) is 0 Å². The van der Waals surface area contributed by atoms with Crippen LogP contribution in [0.15, 0.2) is 42.6 Å². The maximum atomic E-state index is 11.7. The van der Waals surface area contributed by atoms with E-state index in [1.807, 2.05) is 37.3 Å². The summed E-state index contributed by atoms with van der Waals surface area (Å²) in [6.07, 6.45) is 3.84. The van der Waals surface area contributed by atoms with E-state index in [1.54, 1.807) is 17.2 Å². The highest BCUT2D eigenvalue weighted by atomic mass is 16.2. The highest BCUT2D eigenvalue weighted by Gasteiger charge is 2.35. The van der Waals surface area contributed by atoms with Gasteiger partial charge in [0, 0.05) is 6.20 Å². The van der Waals surface area contributed by atoms with Crippen LogP contribution in [-0.2, 0) is 16.0 Å². The molecule has 2 amide bonds. The van der Waals surface area contributed by atoms with E-state index in [2.05, 4.69) is 5.32 Å². The van der Waals surface area contributed by atoms with Crippen molar-refractivity contribution in [2.24, 2.45) is 0 Å². The molecule has 1 fully saturated rings. The molecule has 0 saturated carbocycles. The molecule has 1 unspecified atom stereocenters. The Hall–Kier alpha value is -2.10. The van der Waals surface area contributed by atoms with Gasteiger partial charge in [0.05, 0.1) is 13.0 Å². The van der Waals surface area contributed by atoms with E-state index >= 15 is 0 Å². The summed E-state index contributed by atoms with van der Waals surface area (Å²) in [7, 11) is 0. The Morgan fingerprint density at radius 2 is 2.17 bits per heavy atom. The van der Waals surface area contributed by atoms with Crippen molar-refractivity contribution in [2.45, 2.75) is 19.4 Å². The van der Waals surface area contributed by atoms with Crippen LogP contribution >= 0.6 is 0 Å². The first-order chi connectivity index (χ1) is 8.70. The van der Waals surface area contributed by atoms with Crippen LogP contribution in [0.2, 0.25) is 0 Å². The molecule has 0 radical (unpaired) electrons. The van der Waals surface area contributed by atoms with E-state index in [0.29, 0.717) is 13.0 Å². The second-order valence-corrected chi connectivity index (χ2v) is 4.26. The smallest absolute Gasteiger partial charge is 0.251 e. The van der Waals surface area contributed by atoms with E-state index in [0.717, 1.165) is 5.56 Å². The lowest BCUT2D eigenvalue weighted by Crippen LogP contribution is -2.61. The second kappa shape index (κ2) is 5.49. The fourth-order valence-electron chi connectivity index (χ4n) is 1.90. The average molecular weight is 244 g/mol. The number of hydrogen-bond acceptors (Lipinski definition) is 2. The molecule has 2 rings (SSSR count). The zero-order chi connectivity index (χ0) is 13.0. The van der Waals surface area contributed by atoms with Crippen molar-refractivity contribution in [3.63, 3.8) is 0 Å². The minimum Gasteiger partial charge on any atom is -0.342 e. The van der Waals surface area contributed by atoms with Crippen molar-refractivity contribution in [3.05, 3.63) is 48.2 Å². The SMILES string of the molecule is C/C=C/N1CC(NC(=O)Cc2ccccc2)C1=O. The number of benzene rings is 1. The Morgan fingerprint density at radius 1 is 1.44 bits per heavy atom. The summed E-state index contributed by atoms with van der Waals surface area (Å²) in [4.78, 5) is 24.9. The number of nitrogens with zero attached hydrogens (tertiary/aromatic N) is 1. The molecule has 18 heavy (non-hydrogen) atoms. The number of allylic oxidation sites excluding steroid dienone is 1. The minimum absolute atomic E-state index is 0.0467. The molecular weight excluding hydrogens is 228 g/mol. The summed E-state index contributed by atoms with van der Waals surface area (Å²) < 4.78 is 0.